The predicted molar refractivity (Wildman–Crippen MR) is 196 cm³/mol. The SMILES string of the molecule is O=C(O)CC/C=C\C[C@@H]1CO[C@H](c2ccc(OCCOc3ccc(/C(=C\CCCCC(=O)O)c4cccnc4)cc3)cc2)O[C@@H]1c1ccccc1O. The van der Waals surface area contributed by atoms with Gasteiger partial charge in [0.05, 0.1) is 12.7 Å². The first kappa shape index (κ1) is 37.8. The molecular weight excluding hydrogens is 662 g/mol. The molecule has 0 spiro atoms. The van der Waals surface area contributed by atoms with E-state index in [-0.39, 0.29) is 24.5 Å². The Morgan fingerprint density at radius 3 is 2.17 bits per heavy atom. The Labute approximate surface area is 304 Å². The molecule has 4 aromatic rings. The number of ether oxygens (including phenoxy) is 4. The van der Waals surface area contributed by atoms with E-state index in [1.54, 1.807) is 18.3 Å². The fourth-order valence-electron chi connectivity index (χ4n) is 5.96. The number of hydrogen-bond acceptors (Lipinski definition) is 8. The van der Waals surface area contributed by atoms with Gasteiger partial charge in [0.2, 0.25) is 0 Å². The van der Waals surface area contributed by atoms with Gasteiger partial charge >= 0.3 is 11.9 Å². The number of pyridine rings is 1. The number of para-hydroxylation sites is 1. The van der Waals surface area contributed by atoms with Crippen molar-refractivity contribution in [1.82, 2.24) is 4.98 Å². The number of unbranched alkanes of at least 4 members (excludes halogenated alkanes) is 2. The van der Waals surface area contributed by atoms with Crippen LogP contribution in [0.1, 0.15) is 79.6 Å². The van der Waals surface area contributed by atoms with E-state index in [0.29, 0.717) is 56.1 Å². The molecule has 1 aliphatic rings. The van der Waals surface area contributed by atoms with E-state index in [2.05, 4.69) is 11.1 Å². The minimum atomic E-state index is -0.832. The molecule has 5 rings (SSSR count). The highest BCUT2D eigenvalue weighted by Gasteiger charge is 2.34. The van der Waals surface area contributed by atoms with Gasteiger partial charge in [0.15, 0.2) is 6.29 Å². The molecule has 10 nitrogen and oxygen atoms in total. The number of carboxylic acid groups (broad SMARTS) is 2. The number of aromatic hydroxyl groups is 1. The maximum absolute atomic E-state index is 10.8. The quantitative estimate of drug-likeness (QED) is 0.0641. The van der Waals surface area contributed by atoms with Crippen LogP contribution in [0.15, 0.2) is 116 Å². The highest BCUT2D eigenvalue weighted by atomic mass is 16.7. The molecule has 0 bridgehead atoms. The van der Waals surface area contributed by atoms with Gasteiger partial charge < -0.3 is 34.3 Å². The van der Waals surface area contributed by atoms with Crippen molar-refractivity contribution in [3.8, 4) is 17.2 Å². The number of carboxylic acids is 2. The molecule has 1 saturated heterocycles. The number of phenolic OH excluding ortho intramolecular Hbond substituents is 1. The van der Waals surface area contributed by atoms with E-state index in [9.17, 15) is 14.7 Å². The van der Waals surface area contributed by atoms with Crippen LogP contribution in [0.3, 0.4) is 0 Å². The van der Waals surface area contributed by atoms with Gasteiger partial charge in [-0.3, -0.25) is 14.6 Å². The molecular formula is C42H45NO9. The minimum Gasteiger partial charge on any atom is -0.508 e. The first-order valence-corrected chi connectivity index (χ1v) is 17.6. The van der Waals surface area contributed by atoms with E-state index >= 15 is 0 Å². The van der Waals surface area contributed by atoms with Crippen LogP contribution in [0, 0.1) is 5.92 Å². The maximum atomic E-state index is 10.8. The smallest absolute Gasteiger partial charge is 0.303 e. The van der Waals surface area contributed by atoms with Gasteiger partial charge in [-0.1, -0.05) is 66.8 Å². The average molecular weight is 708 g/mol. The molecule has 10 heteroatoms. The maximum Gasteiger partial charge on any atom is 0.303 e. The number of aliphatic carboxylic acids is 2. The molecule has 0 aliphatic carbocycles. The molecule has 1 fully saturated rings. The van der Waals surface area contributed by atoms with Gasteiger partial charge in [-0.25, -0.2) is 0 Å². The van der Waals surface area contributed by atoms with Gasteiger partial charge in [0, 0.05) is 47.8 Å². The molecule has 3 atom stereocenters. The van der Waals surface area contributed by atoms with Gasteiger partial charge in [-0.05, 0) is 79.6 Å². The van der Waals surface area contributed by atoms with E-state index < -0.39 is 24.3 Å². The predicted octanol–water partition coefficient (Wildman–Crippen LogP) is 8.54. The third-order valence-electron chi connectivity index (χ3n) is 8.64. The van der Waals surface area contributed by atoms with Crippen LogP contribution in [0.5, 0.6) is 17.2 Å². The first-order chi connectivity index (χ1) is 25.4. The van der Waals surface area contributed by atoms with Crippen LogP contribution in [-0.2, 0) is 19.1 Å². The Balaban J connectivity index is 1.12. The van der Waals surface area contributed by atoms with Crippen LogP contribution < -0.4 is 9.47 Å². The van der Waals surface area contributed by atoms with Crippen molar-refractivity contribution in [1.29, 1.82) is 0 Å². The zero-order valence-corrected chi connectivity index (χ0v) is 29.0. The molecule has 3 N–H and O–H groups in total. The molecule has 272 valence electrons. The lowest BCUT2D eigenvalue weighted by Crippen LogP contribution is -2.30. The van der Waals surface area contributed by atoms with Crippen molar-refractivity contribution in [3.05, 3.63) is 138 Å². The van der Waals surface area contributed by atoms with Crippen molar-refractivity contribution < 1.29 is 43.9 Å². The average Bonchev–Trinajstić information content (AvgIpc) is 3.16. The number of phenols is 1. The van der Waals surface area contributed by atoms with Crippen molar-refractivity contribution in [3.63, 3.8) is 0 Å². The number of hydrogen-bond donors (Lipinski definition) is 3. The van der Waals surface area contributed by atoms with E-state index in [1.807, 2.05) is 91.1 Å². The molecule has 0 saturated carbocycles. The Bertz CT molecular complexity index is 1770. The van der Waals surface area contributed by atoms with Crippen LogP contribution in [0.4, 0.5) is 0 Å². The first-order valence-electron chi connectivity index (χ1n) is 17.6. The molecule has 1 aromatic heterocycles. The van der Waals surface area contributed by atoms with Crippen LogP contribution in [0.2, 0.25) is 0 Å². The summed E-state index contributed by atoms with van der Waals surface area (Å²) in [7, 11) is 0. The number of nitrogens with zero attached hydrogens (tertiary/aromatic N) is 1. The minimum absolute atomic E-state index is 0.0639. The van der Waals surface area contributed by atoms with Crippen LogP contribution in [-0.4, -0.2) is 52.1 Å². The summed E-state index contributed by atoms with van der Waals surface area (Å²) in [5.74, 6) is -0.122. The Morgan fingerprint density at radius 2 is 1.50 bits per heavy atom. The molecule has 2 heterocycles. The van der Waals surface area contributed by atoms with Crippen molar-refractivity contribution >= 4 is 17.5 Å². The monoisotopic (exact) mass is 707 g/mol. The van der Waals surface area contributed by atoms with E-state index in [1.165, 1.54) is 0 Å². The molecule has 0 unspecified atom stereocenters. The zero-order valence-electron chi connectivity index (χ0n) is 29.0. The summed E-state index contributed by atoms with van der Waals surface area (Å²) in [5, 5.41) is 28.4. The van der Waals surface area contributed by atoms with Crippen molar-refractivity contribution in [2.45, 2.75) is 57.3 Å². The third kappa shape index (κ3) is 11.5. The molecule has 3 aromatic carbocycles. The third-order valence-corrected chi connectivity index (χ3v) is 8.64. The Morgan fingerprint density at radius 1 is 0.788 bits per heavy atom. The lowest BCUT2D eigenvalue weighted by atomic mass is 9.91. The molecule has 1 aliphatic heterocycles. The van der Waals surface area contributed by atoms with Crippen molar-refractivity contribution in [2.75, 3.05) is 19.8 Å². The van der Waals surface area contributed by atoms with E-state index in [0.717, 1.165) is 35.1 Å². The molecule has 0 radical (unpaired) electrons. The van der Waals surface area contributed by atoms with Crippen molar-refractivity contribution in [2.24, 2.45) is 5.92 Å². The normalized spacial score (nSPS) is 17.5. The van der Waals surface area contributed by atoms with Gasteiger partial charge in [0.1, 0.15) is 30.5 Å². The fourth-order valence-corrected chi connectivity index (χ4v) is 5.96. The van der Waals surface area contributed by atoms with Gasteiger partial charge in [0.25, 0.3) is 0 Å². The van der Waals surface area contributed by atoms with Crippen LogP contribution >= 0.6 is 0 Å². The lowest BCUT2D eigenvalue weighted by molar-refractivity contribution is -0.244. The number of rotatable bonds is 19. The summed E-state index contributed by atoms with van der Waals surface area (Å²) in [5.41, 5.74) is 4.56. The summed E-state index contributed by atoms with van der Waals surface area (Å²) in [4.78, 5) is 25.9. The largest absolute Gasteiger partial charge is 0.508 e. The van der Waals surface area contributed by atoms with Gasteiger partial charge in [-0.2, -0.15) is 0 Å². The summed E-state index contributed by atoms with van der Waals surface area (Å²) in [6.45, 7) is 1.09. The lowest BCUT2D eigenvalue weighted by Gasteiger charge is -2.37. The summed E-state index contributed by atoms with van der Waals surface area (Å²) in [6.07, 6.45) is 12.0. The number of benzene rings is 3. The molecule has 0 amide bonds. The number of allylic oxidation sites excluding steroid dienone is 3. The summed E-state index contributed by atoms with van der Waals surface area (Å²) < 4.78 is 24.4. The topological polar surface area (TPSA) is 145 Å². The second kappa shape index (κ2) is 19.8. The van der Waals surface area contributed by atoms with Gasteiger partial charge in [-0.15, -0.1) is 0 Å². The number of carbonyl (C=O) groups is 2. The zero-order chi connectivity index (χ0) is 36.5. The summed E-state index contributed by atoms with van der Waals surface area (Å²) >= 11 is 0. The fraction of sp³-hybridized carbons (Fsp3) is 0.310. The standard InChI is InChI=1S/C42H45NO9/c44-38-14-8-7-13-37(38)41-33(10-3-1-5-15-39(45)46)29-51-42(52-41)31-19-23-35(24-20-31)50-27-26-49-34-21-17-30(18-22-34)36(32-11-9-25-43-28-32)12-4-2-6-16-40(47)48/h1,3,7-9,11-14,17-25,28,33,41-42,44H,2,4-6,10,15-16,26-27,29H2,(H,45,46)(H,47,48)/b3-1-,36-12+/t33-,41+,42+/m1/s1. The highest BCUT2D eigenvalue weighted by Crippen LogP contribution is 2.42. The van der Waals surface area contributed by atoms with Crippen LogP contribution in [0.25, 0.3) is 5.57 Å². The Hall–Kier alpha value is -5.45. The Kier molecular flexibility index (Phi) is 14.4. The van der Waals surface area contributed by atoms with E-state index in [4.69, 9.17) is 29.2 Å². The number of aromatic nitrogens is 1. The highest BCUT2D eigenvalue weighted by molar-refractivity contribution is 5.79. The molecule has 52 heavy (non-hydrogen) atoms. The second-order valence-corrected chi connectivity index (χ2v) is 12.5. The second-order valence-electron chi connectivity index (χ2n) is 12.5. The summed E-state index contributed by atoms with van der Waals surface area (Å²) in [6, 6.07) is 26.4.